The minimum atomic E-state index is 0.563. The minimum Gasteiger partial charge on any atom is -0.351 e. The van der Waals surface area contributed by atoms with Crippen molar-refractivity contribution in [1.29, 1.82) is 0 Å². The normalized spacial score (nSPS) is 19.6. The number of aryl methyl sites for hydroxylation is 1. The van der Waals surface area contributed by atoms with E-state index in [0.717, 1.165) is 29.9 Å². The summed E-state index contributed by atoms with van der Waals surface area (Å²) in [6.07, 6.45) is 5.77. The molecule has 0 spiro atoms. The second-order valence-corrected chi connectivity index (χ2v) is 6.95. The van der Waals surface area contributed by atoms with Gasteiger partial charge < -0.3 is 10.2 Å². The number of piperidine rings is 1. The summed E-state index contributed by atoms with van der Waals surface area (Å²) in [5.41, 5.74) is 1.26. The zero-order valence-electron chi connectivity index (χ0n) is 12.8. The highest BCUT2D eigenvalue weighted by Gasteiger charge is 2.25. The van der Waals surface area contributed by atoms with Crippen molar-refractivity contribution in [3.05, 3.63) is 22.3 Å². The maximum absolute atomic E-state index is 4.61. The second-order valence-electron chi connectivity index (χ2n) is 6.16. The summed E-state index contributed by atoms with van der Waals surface area (Å²) in [6.45, 7) is 9.90. The average molecular weight is 340 g/mol. The summed E-state index contributed by atoms with van der Waals surface area (Å²) < 4.78 is 1.15. The Morgan fingerprint density at radius 2 is 2.25 bits per heavy atom. The third kappa shape index (κ3) is 3.95. The van der Waals surface area contributed by atoms with Gasteiger partial charge in [-0.15, -0.1) is 0 Å². The number of halogens is 1. The van der Waals surface area contributed by atoms with Crippen molar-refractivity contribution >= 4 is 21.7 Å². The predicted octanol–water partition coefficient (Wildman–Crippen LogP) is 3.76. The molecular formula is C16H26BrN3. The van der Waals surface area contributed by atoms with Crippen LogP contribution in [0.3, 0.4) is 0 Å². The van der Waals surface area contributed by atoms with Crippen LogP contribution < -0.4 is 10.2 Å². The molecule has 0 saturated carbocycles. The fourth-order valence-electron chi connectivity index (χ4n) is 2.76. The molecule has 1 aliphatic rings. The number of nitrogens with one attached hydrogen (secondary N) is 1. The number of pyridine rings is 1. The van der Waals surface area contributed by atoms with Crippen LogP contribution in [0.25, 0.3) is 0 Å². The van der Waals surface area contributed by atoms with Gasteiger partial charge in [0.05, 0.1) is 4.47 Å². The van der Waals surface area contributed by atoms with E-state index in [9.17, 15) is 0 Å². The van der Waals surface area contributed by atoms with E-state index < -0.39 is 0 Å². The van der Waals surface area contributed by atoms with Crippen molar-refractivity contribution in [2.45, 2.75) is 46.1 Å². The maximum atomic E-state index is 4.61. The van der Waals surface area contributed by atoms with Gasteiger partial charge in [0.25, 0.3) is 0 Å². The SMILES string of the molecule is Cc1ccnc(N2CCCCC2CNCC(C)C)c1Br. The van der Waals surface area contributed by atoms with E-state index in [1.54, 1.807) is 0 Å². The molecule has 20 heavy (non-hydrogen) atoms. The monoisotopic (exact) mass is 339 g/mol. The van der Waals surface area contributed by atoms with Crippen molar-refractivity contribution in [3.63, 3.8) is 0 Å². The molecule has 112 valence electrons. The Balaban J connectivity index is 2.08. The van der Waals surface area contributed by atoms with Crippen LogP contribution in [0.2, 0.25) is 0 Å². The van der Waals surface area contributed by atoms with Gasteiger partial charge in [0.2, 0.25) is 0 Å². The van der Waals surface area contributed by atoms with Crippen LogP contribution in [0.5, 0.6) is 0 Å². The van der Waals surface area contributed by atoms with Gasteiger partial charge >= 0.3 is 0 Å². The summed E-state index contributed by atoms with van der Waals surface area (Å²) in [4.78, 5) is 7.09. The predicted molar refractivity (Wildman–Crippen MR) is 89.4 cm³/mol. The molecule has 3 nitrogen and oxygen atoms in total. The highest BCUT2D eigenvalue weighted by atomic mass is 79.9. The number of hydrogen-bond acceptors (Lipinski definition) is 3. The van der Waals surface area contributed by atoms with E-state index in [1.807, 2.05) is 6.20 Å². The largest absolute Gasteiger partial charge is 0.351 e. The van der Waals surface area contributed by atoms with Crippen LogP contribution in [0.4, 0.5) is 5.82 Å². The first-order valence-corrected chi connectivity index (χ1v) is 8.47. The fourth-order valence-corrected chi connectivity index (χ4v) is 3.22. The van der Waals surface area contributed by atoms with Gasteiger partial charge in [-0.05, 0) is 66.2 Å². The Morgan fingerprint density at radius 1 is 1.45 bits per heavy atom. The zero-order chi connectivity index (χ0) is 14.5. The molecule has 0 amide bonds. The molecule has 1 aliphatic heterocycles. The lowest BCUT2D eigenvalue weighted by Crippen LogP contribution is -2.46. The van der Waals surface area contributed by atoms with Crippen molar-refractivity contribution in [2.75, 3.05) is 24.5 Å². The summed E-state index contributed by atoms with van der Waals surface area (Å²) in [5.74, 6) is 1.82. The molecule has 0 radical (unpaired) electrons. The Kier molecular flexibility index (Phi) is 5.85. The van der Waals surface area contributed by atoms with E-state index >= 15 is 0 Å². The number of nitrogens with zero attached hydrogens (tertiary/aromatic N) is 2. The molecule has 1 atom stereocenters. The van der Waals surface area contributed by atoms with Gasteiger partial charge in [0, 0.05) is 25.3 Å². The first-order chi connectivity index (χ1) is 9.59. The lowest BCUT2D eigenvalue weighted by molar-refractivity contribution is 0.420. The molecule has 1 aromatic heterocycles. The highest BCUT2D eigenvalue weighted by molar-refractivity contribution is 9.10. The third-order valence-corrected chi connectivity index (χ3v) is 4.88. The summed E-state index contributed by atoms with van der Waals surface area (Å²) in [6, 6.07) is 2.62. The van der Waals surface area contributed by atoms with Gasteiger partial charge in [-0.3, -0.25) is 0 Å². The number of rotatable bonds is 5. The first kappa shape index (κ1) is 15.8. The van der Waals surface area contributed by atoms with Crippen LogP contribution in [0, 0.1) is 12.8 Å². The smallest absolute Gasteiger partial charge is 0.143 e. The average Bonchev–Trinajstić information content (AvgIpc) is 2.42. The van der Waals surface area contributed by atoms with E-state index in [0.29, 0.717) is 12.0 Å². The Labute approximate surface area is 131 Å². The fraction of sp³-hybridized carbons (Fsp3) is 0.688. The number of anilines is 1. The van der Waals surface area contributed by atoms with Gasteiger partial charge in [0.1, 0.15) is 5.82 Å². The molecule has 1 unspecified atom stereocenters. The second kappa shape index (κ2) is 7.41. The van der Waals surface area contributed by atoms with Crippen LogP contribution in [0.15, 0.2) is 16.7 Å². The molecule has 2 rings (SSSR count). The molecule has 0 aromatic carbocycles. The van der Waals surface area contributed by atoms with Crippen LogP contribution in [-0.4, -0.2) is 30.7 Å². The molecule has 2 heterocycles. The number of hydrogen-bond donors (Lipinski definition) is 1. The molecule has 0 aliphatic carbocycles. The first-order valence-electron chi connectivity index (χ1n) is 7.68. The van der Waals surface area contributed by atoms with E-state index in [1.165, 1.54) is 24.8 Å². The lowest BCUT2D eigenvalue weighted by atomic mass is 10.0. The van der Waals surface area contributed by atoms with Crippen molar-refractivity contribution < 1.29 is 0 Å². The summed E-state index contributed by atoms with van der Waals surface area (Å²) in [7, 11) is 0. The molecular weight excluding hydrogens is 314 g/mol. The molecule has 1 N–H and O–H groups in total. The van der Waals surface area contributed by atoms with Gasteiger partial charge in [-0.1, -0.05) is 13.8 Å². The molecule has 0 bridgehead atoms. The molecule has 1 aromatic rings. The van der Waals surface area contributed by atoms with E-state index in [-0.39, 0.29) is 0 Å². The Bertz CT molecular complexity index is 434. The van der Waals surface area contributed by atoms with Gasteiger partial charge in [-0.25, -0.2) is 4.98 Å². The summed E-state index contributed by atoms with van der Waals surface area (Å²) >= 11 is 3.71. The standard InChI is InChI=1S/C16H26BrN3/c1-12(2)10-18-11-14-6-4-5-9-20(14)16-15(17)13(3)7-8-19-16/h7-8,12,14,18H,4-6,9-11H2,1-3H3. The molecule has 1 fully saturated rings. The highest BCUT2D eigenvalue weighted by Crippen LogP contribution is 2.31. The Morgan fingerprint density at radius 3 is 3.00 bits per heavy atom. The number of aromatic nitrogens is 1. The van der Waals surface area contributed by atoms with Crippen molar-refractivity contribution in [2.24, 2.45) is 5.92 Å². The summed E-state index contributed by atoms with van der Waals surface area (Å²) in [5, 5.41) is 3.60. The maximum Gasteiger partial charge on any atom is 0.143 e. The third-order valence-electron chi connectivity index (χ3n) is 3.90. The lowest BCUT2D eigenvalue weighted by Gasteiger charge is -2.37. The van der Waals surface area contributed by atoms with Crippen LogP contribution in [-0.2, 0) is 0 Å². The van der Waals surface area contributed by atoms with Gasteiger partial charge in [0.15, 0.2) is 0 Å². The molecule has 4 heteroatoms. The minimum absolute atomic E-state index is 0.563. The quantitative estimate of drug-likeness (QED) is 0.885. The van der Waals surface area contributed by atoms with E-state index in [4.69, 9.17) is 0 Å². The Hall–Kier alpha value is -0.610. The van der Waals surface area contributed by atoms with Crippen LogP contribution in [0.1, 0.15) is 38.7 Å². The zero-order valence-corrected chi connectivity index (χ0v) is 14.4. The van der Waals surface area contributed by atoms with E-state index in [2.05, 4.69) is 58.0 Å². The van der Waals surface area contributed by atoms with Crippen LogP contribution >= 0.6 is 15.9 Å². The molecule has 1 saturated heterocycles. The van der Waals surface area contributed by atoms with Crippen molar-refractivity contribution in [1.82, 2.24) is 10.3 Å². The topological polar surface area (TPSA) is 28.2 Å². The van der Waals surface area contributed by atoms with Crippen molar-refractivity contribution in [3.8, 4) is 0 Å². The van der Waals surface area contributed by atoms with Gasteiger partial charge in [-0.2, -0.15) is 0 Å².